The van der Waals surface area contributed by atoms with Gasteiger partial charge in [0.05, 0.1) is 19.3 Å². The quantitative estimate of drug-likeness (QED) is 0.944. The maximum Gasteiger partial charge on any atom is 0.125 e. The summed E-state index contributed by atoms with van der Waals surface area (Å²) in [6, 6.07) is 5.62. The molecule has 1 atom stereocenters. The van der Waals surface area contributed by atoms with Gasteiger partial charge in [-0.25, -0.2) is 0 Å². The van der Waals surface area contributed by atoms with Gasteiger partial charge in [-0.3, -0.25) is 4.68 Å². The molecule has 0 fully saturated rings. The lowest BCUT2D eigenvalue weighted by Crippen LogP contribution is -2.12. The predicted molar refractivity (Wildman–Crippen MR) is 74.6 cm³/mol. The summed E-state index contributed by atoms with van der Waals surface area (Å²) in [6.07, 6.45) is 3.77. The lowest BCUT2D eigenvalue weighted by molar-refractivity contribution is 0.407. The number of hydrogen-bond acceptors (Lipinski definition) is 3. The molecular weight excluding hydrogens is 294 g/mol. The van der Waals surface area contributed by atoms with E-state index in [1.165, 1.54) is 0 Å². The highest BCUT2D eigenvalue weighted by Gasteiger charge is 2.15. The minimum Gasteiger partial charge on any atom is -0.496 e. The average Bonchev–Trinajstić information content (AvgIpc) is 2.86. The van der Waals surface area contributed by atoms with E-state index in [9.17, 15) is 0 Å². The second kappa shape index (κ2) is 5.54. The molecule has 2 aromatic rings. The third-order valence-electron chi connectivity index (χ3n) is 2.87. The maximum absolute atomic E-state index is 6.26. The van der Waals surface area contributed by atoms with E-state index >= 15 is 0 Å². The second-order valence-electron chi connectivity index (χ2n) is 3.99. The third-order valence-corrected chi connectivity index (χ3v) is 3.36. The Morgan fingerprint density at radius 3 is 2.89 bits per heavy atom. The Bertz CT molecular complexity index is 539. The molecule has 0 aliphatic carbocycles. The molecule has 2 N–H and O–H groups in total. The first-order valence-electron chi connectivity index (χ1n) is 5.77. The molecule has 0 bridgehead atoms. The van der Waals surface area contributed by atoms with Crippen LogP contribution >= 0.6 is 15.9 Å². The number of aryl methyl sites for hydroxylation is 1. The molecule has 0 aliphatic heterocycles. The molecule has 4 nitrogen and oxygen atoms in total. The van der Waals surface area contributed by atoms with Crippen molar-refractivity contribution >= 4 is 15.9 Å². The number of nitrogens with zero attached hydrogens (tertiary/aromatic N) is 2. The minimum absolute atomic E-state index is 0.228. The van der Waals surface area contributed by atoms with Crippen molar-refractivity contribution < 1.29 is 4.74 Å². The van der Waals surface area contributed by atoms with Crippen LogP contribution in [-0.4, -0.2) is 16.9 Å². The van der Waals surface area contributed by atoms with Crippen molar-refractivity contribution in [3.05, 3.63) is 46.2 Å². The zero-order valence-corrected chi connectivity index (χ0v) is 12.0. The zero-order valence-electron chi connectivity index (χ0n) is 10.4. The Morgan fingerprint density at radius 2 is 2.28 bits per heavy atom. The normalized spacial score (nSPS) is 12.4. The van der Waals surface area contributed by atoms with Crippen LogP contribution in [0.15, 0.2) is 35.1 Å². The highest BCUT2D eigenvalue weighted by molar-refractivity contribution is 9.10. The Labute approximate surface area is 115 Å². The number of hydrogen-bond donors (Lipinski definition) is 1. The van der Waals surface area contributed by atoms with Gasteiger partial charge >= 0.3 is 0 Å². The topological polar surface area (TPSA) is 53.1 Å². The Kier molecular flexibility index (Phi) is 4.04. The zero-order chi connectivity index (χ0) is 13.1. The van der Waals surface area contributed by atoms with Gasteiger partial charge < -0.3 is 10.5 Å². The summed E-state index contributed by atoms with van der Waals surface area (Å²) in [5, 5.41) is 4.24. The summed E-state index contributed by atoms with van der Waals surface area (Å²) in [4.78, 5) is 0. The highest BCUT2D eigenvalue weighted by atomic mass is 79.9. The lowest BCUT2D eigenvalue weighted by atomic mass is 10.0. The van der Waals surface area contributed by atoms with Gasteiger partial charge in [0.1, 0.15) is 5.75 Å². The summed E-state index contributed by atoms with van der Waals surface area (Å²) >= 11 is 3.42. The first-order valence-corrected chi connectivity index (χ1v) is 6.56. The van der Waals surface area contributed by atoms with Gasteiger partial charge in [0, 0.05) is 28.3 Å². The van der Waals surface area contributed by atoms with Crippen LogP contribution in [0.25, 0.3) is 0 Å². The van der Waals surface area contributed by atoms with Crippen molar-refractivity contribution in [2.75, 3.05) is 7.11 Å². The Morgan fingerprint density at radius 1 is 1.50 bits per heavy atom. The van der Waals surface area contributed by atoms with E-state index in [2.05, 4.69) is 21.0 Å². The molecule has 96 valence electrons. The van der Waals surface area contributed by atoms with Crippen molar-refractivity contribution in [3.63, 3.8) is 0 Å². The fraction of sp³-hybridized carbons (Fsp3) is 0.308. The van der Waals surface area contributed by atoms with Gasteiger partial charge in [-0.1, -0.05) is 22.0 Å². The number of rotatable bonds is 4. The van der Waals surface area contributed by atoms with Crippen LogP contribution in [0.5, 0.6) is 5.75 Å². The van der Waals surface area contributed by atoms with Crippen molar-refractivity contribution in [2.45, 2.75) is 19.5 Å². The summed E-state index contributed by atoms with van der Waals surface area (Å²) in [5.74, 6) is 0.779. The van der Waals surface area contributed by atoms with E-state index in [1.807, 2.05) is 36.0 Å². The molecule has 0 saturated heterocycles. The van der Waals surface area contributed by atoms with Gasteiger partial charge in [-0.2, -0.15) is 5.10 Å². The predicted octanol–water partition coefficient (Wildman–Crippen LogP) is 2.72. The van der Waals surface area contributed by atoms with Crippen molar-refractivity contribution in [2.24, 2.45) is 5.73 Å². The number of nitrogens with two attached hydrogens (primary N) is 1. The second-order valence-corrected chi connectivity index (χ2v) is 4.91. The first-order chi connectivity index (χ1) is 8.65. The molecular formula is C13H16BrN3O. The van der Waals surface area contributed by atoms with E-state index in [0.717, 1.165) is 27.9 Å². The van der Waals surface area contributed by atoms with Gasteiger partial charge in [-0.05, 0) is 19.1 Å². The number of halogens is 1. The standard InChI is InChI=1S/C13H16BrN3O/c1-3-17-8-9(7-16-17)13(15)11-5-4-10(14)6-12(11)18-2/h4-8,13H,3,15H2,1-2H3. The molecule has 18 heavy (non-hydrogen) atoms. The van der Waals surface area contributed by atoms with Gasteiger partial charge in [0.2, 0.25) is 0 Å². The SMILES string of the molecule is CCn1cc(C(N)c2ccc(Br)cc2OC)cn1. The van der Waals surface area contributed by atoms with Crippen LogP contribution in [0.1, 0.15) is 24.1 Å². The highest BCUT2D eigenvalue weighted by Crippen LogP contribution is 2.30. The molecule has 1 aromatic carbocycles. The summed E-state index contributed by atoms with van der Waals surface area (Å²) in [6.45, 7) is 2.88. The van der Waals surface area contributed by atoms with Crippen LogP contribution < -0.4 is 10.5 Å². The Hall–Kier alpha value is -1.33. The fourth-order valence-corrected chi connectivity index (χ4v) is 2.17. The van der Waals surface area contributed by atoms with Crippen LogP contribution in [0.2, 0.25) is 0 Å². The van der Waals surface area contributed by atoms with Crippen molar-refractivity contribution in [1.29, 1.82) is 0 Å². The summed E-state index contributed by atoms with van der Waals surface area (Å²) < 4.78 is 8.20. The number of ether oxygens (including phenoxy) is 1. The molecule has 1 aromatic heterocycles. The van der Waals surface area contributed by atoms with Gasteiger partial charge in [0.15, 0.2) is 0 Å². The molecule has 1 heterocycles. The number of aromatic nitrogens is 2. The van der Waals surface area contributed by atoms with E-state index in [1.54, 1.807) is 13.3 Å². The van der Waals surface area contributed by atoms with Crippen LogP contribution in [-0.2, 0) is 6.54 Å². The summed E-state index contributed by atoms with van der Waals surface area (Å²) in [7, 11) is 1.65. The molecule has 0 spiro atoms. The smallest absolute Gasteiger partial charge is 0.125 e. The molecule has 0 radical (unpaired) electrons. The largest absolute Gasteiger partial charge is 0.496 e. The molecule has 1 unspecified atom stereocenters. The third kappa shape index (κ3) is 2.57. The van der Waals surface area contributed by atoms with Gasteiger partial charge in [-0.15, -0.1) is 0 Å². The van der Waals surface area contributed by atoms with Crippen molar-refractivity contribution in [3.8, 4) is 5.75 Å². The molecule has 2 rings (SSSR count). The average molecular weight is 310 g/mol. The van der Waals surface area contributed by atoms with Crippen LogP contribution in [0, 0.1) is 0 Å². The maximum atomic E-state index is 6.26. The Balaban J connectivity index is 2.35. The molecule has 5 heteroatoms. The van der Waals surface area contributed by atoms with Crippen LogP contribution in [0.4, 0.5) is 0 Å². The fourth-order valence-electron chi connectivity index (χ4n) is 1.83. The molecule has 0 saturated carbocycles. The van der Waals surface area contributed by atoms with E-state index < -0.39 is 0 Å². The molecule has 0 amide bonds. The van der Waals surface area contributed by atoms with E-state index in [-0.39, 0.29) is 6.04 Å². The van der Waals surface area contributed by atoms with Crippen molar-refractivity contribution in [1.82, 2.24) is 9.78 Å². The first kappa shape index (κ1) is 13.1. The molecule has 0 aliphatic rings. The van der Waals surface area contributed by atoms with Gasteiger partial charge in [0.25, 0.3) is 0 Å². The number of methoxy groups -OCH3 is 1. The monoisotopic (exact) mass is 309 g/mol. The van der Waals surface area contributed by atoms with E-state index in [0.29, 0.717) is 0 Å². The number of benzene rings is 1. The van der Waals surface area contributed by atoms with Crippen LogP contribution in [0.3, 0.4) is 0 Å². The summed E-state index contributed by atoms with van der Waals surface area (Å²) in [5.41, 5.74) is 8.20. The van der Waals surface area contributed by atoms with E-state index in [4.69, 9.17) is 10.5 Å². The lowest BCUT2D eigenvalue weighted by Gasteiger charge is -2.14. The minimum atomic E-state index is -0.228.